The molecule has 0 amide bonds. The topological polar surface area (TPSA) is 21.6 Å². The van der Waals surface area contributed by atoms with Gasteiger partial charge in [0.1, 0.15) is 19.5 Å². The highest BCUT2D eigenvalue weighted by molar-refractivity contribution is 6.12. The Labute approximate surface area is 106 Å². The van der Waals surface area contributed by atoms with Crippen LogP contribution in [0.3, 0.4) is 0 Å². The number of hydrogen-bond donors (Lipinski definition) is 0. The van der Waals surface area contributed by atoms with E-state index in [4.69, 9.17) is 4.84 Å². The zero-order valence-corrected chi connectivity index (χ0v) is 10.1. The van der Waals surface area contributed by atoms with Crippen LogP contribution < -0.4 is 0 Å². The highest BCUT2D eigenvalue weighted by Crippen LogP contribution is 2.13. The molecule has 0 radical (unpaired) electrons. The van der Waals surface area contributed by atoms with Crippen molar-refractivity contribution in [2.75, 3.05) is 7.11 Å². The van der Waals surface area contributed by atoms with Crippen molar-refractivity contribution in [1.29, 1.82) is 0 Å². The highest BCUT2D eigenvalue weighted by Gasteiger charge is 2.07. The zero-order valence-electron chi connectivity index (χ0n) is 10.1. The van der Waals surface area contributed by atoms with Crippen LogP contribution in [0.2, 0.25) is 0 Å². The maximum atomic E-state index is 12.5. The van der Waals surface area contributed by atoms with E-state index in [1.54, 1.807) is 12.1 Å². The number of halogens is 1. The van der Waals surface area contributed by atoms with Gasteiger partial charge in [-0.1, -0.05) is 59.8 Å². The summed E-state index contributed by atoms with van der Waals surface area (Å²) in [5.74, 6) is 0. The van der Waals surface area contributed by atoms with Crippen LogP contribution in [0.25, 0.3) is 0 Å². The first-order chi connectivity index (χ1) is 8.85. The monoisotopic (exact) mass is 243 g/mol. The molecule has 0 atom stereocenters. The van der Waals surface area contributed by atoms with E-state index >= 15 is 0 Å². The number of benzene rings is 2. The smallest absolute Gasteiger partial charge is 0.117 e. The van der Waals surface area contributed by atoms with Gasteiger partial charge >= 0.3 is 0 Å². The minimum atomic E-state index is -0.456. The molecule has 0 aliphatic rings. The van der Waals surface area contributed by atoms with Crippen LogP contribution in [-0.4, -0.2) is 12.8 Å². The van der Waals surface area contributed by atoms with Crippen molar-refractivity contribution in [3.63, 3.8) is 0 Å². The van der Waals surface area contributed by atoms with Crippen molar-refractivity contribution < 1.29 is 9.23 Å². The molecule has 0 spiro atoms. The molecule has 92 valence electrons. The standard InChI is InChI=1S/C15H14FNO/c1-18-17-15(13-5-3-2-4-6-13)14-9-7-12(11-16)8-10-14/h2-10H,11H2,1H3/b17-15-. The minimum Gasteiger partial charge on any atom is -0.399 e. The Kier molecular flexibility index (Phi) is 4.07. The lowest BCUT2D eigenvalue weighted by Crippen LogP contribution is -2.03. The average Bonchev–Trinajstić information content (AvgIpc) is 2.46. The second-order valence-corrected chi connectivity index (χ2v) is 3.82. The molecule has 0 aliphatic carbocycles. The normalized spacial score (nSPS) is 11.3. The molecule has 2 nitrogen and oxygen atoms in total. The van der Waals surface area contributed by atoms with Crippen LogP contribution >= 0.6 is 0 Å². The van der Waals surface area contributed by atoms with Crippen molar-refractivity contribution in [2.45, 2.75) is 6.67 Å². The minimum absolute atomic E-state index is 0.456. The van der Waals surface area contributed by atoms with E-state index in [0.717, 1.165) is 16.8 Å². The summed E-state index contributed by atoms with van der Waals surface area (Å²) in [4.78, 5) is 4.88. The Hall–Kier alpha value is -2.16. The summed E-state index contributed by atoms with van der Waals surface area (Å²) in [6, 6.07) is 16.9. The molecule has 18 heavy (non-hydrogen) atoms. The Bertz CT molecular complexity index is 520. The summed E-state index contributed by atoms with van der Waals surface area (Å²) in [6.07, 6.45) is 0. The van der Waals surface area contributed by atoms with Crippen LogP contribution in [0, 0.1) is 0 Å². The van der Waals surface area contributed by atoms with Gasteiger partial charge in [0.2, 0.25) is 0 Å². The van der Waals surface area contributed by atoms with Crippen LogP contribution in [0.4, 0.5) is 4.39 Å². The molecule has 0 bridgehead atoms. The predicted molar refractivity (Wildman–Crippen MR) is 70.3 cm³/mol. The van der Waals surface area contributed by atoms with Gasteiger partial charge in [-0.25, -0.2) is 4.39 Å². The molecule has 2 rings (SSSR count). The molecule has 0 aromatic heterocycles. The number of nitrogens with zero attached hydrogens (tertiary/aromatic N) is 1. The van der Waals surface area contributed by atoms with Gasteiger partial charge in [-0.2, -0.15) is 0 Å². The molecule has 0 heterocycles. The molecule has 2 aromatic carbocycles. The SMILES string of the molecule is CO/N=C(/c1ccccc1)c1ccc(CF)cc1. The predicted octanol–water partition coefficient (Wildman–Crippen LogP) is 3.55. The van der Waals surface area contributed by atoms with Gasteiger partial charge in [-0.3, -0.25) is 0 Å². The lowest BCUT2D eigenvalue weighted by Gasteiger charge is -2.06. The van der Waals surface area contributed by atoms with Crippen LogP contribution in [0.1, 0.15) is 16.7 Å². The fourth-order valence-corrected chi connectivity index (χ4v) is 1.71. The molecule has 0 aliphatic heterocycles. The van der Waals surface area contributed by atoms with Crippen molar-refractivity contribution in [3.05, 3.63) is 71.3 Å². The first-order valence-corrected chi connectivity index (χ1v) is 5.67. The lowest BCUT2D eigenvalue weighted by molar-refractivity contribution is 0.214. The molecule has 2 aromatic rings. The van der Waals surface area contributed by atoms with Gasteiger partial charge in [-0.05, 0) is 5.56 Å². The summed E-state index contributed by atoms with van der Waals surface area (Å²) in [6.45, 7) is -0.456. The van der Waals surface area contributed by atoms with Gasteiger partial charge in [0.05, 0.1) is 0 Å². The summed E-state index contributed by atoms with van der Waals surface area (Å²) >= 11 is 0. The van der Waals surface area contributed by atoms with Crippen molar-refractivity contribution in [2.24, 2.45) is 5.16 Å². The third kappa shape index (κ3) is 2.74. The third-order valence-electron chi connectivity index (χ3n) is 2.61. The molecule has 0 N–H and O–H groups in total. The van der Waals surface area contributed by atoms with Gasteiger partial charge in [0, 0.05) is 11.1 Å². The van der Waals surface area contributed by atoms with Crippen LogP contribution in [-0.2, 0) is 11.5 Å². The number of oxime groups is 1. The van der Waals surface area contributed by atoms with E-state index in [1.807, 2.05) is 42.5 Å². The van der Waals surface area contributed by atoms with Crippen molar-refractivity contribution in [3.8, 4) is 0 Å². The molecule has 0 unspecified atom stereocenters. The largest absolute Gasteiger partial charge is 0.399 e. The fourth-order valence-electron chi connectivity index (χ4n) is 1.71. The van der Waals surface area contributed by atoms with Crippen LogP contribution in [0.15, 0.2) is 59.8 Å². The van der Waals surface area contributed by atoms with Gasteiger partial charge in [-0.15, -0.1) is 0 Å². The number of hydrogen-bond acceptors (Lipinski definition) is 2. The fraction of sp³-hybridized carbons (Fsp3) is 0.133. The number of rotatable bonds is 4. The third-order valence-corrected chi connectivity index (χ3v) is 2.61. The van der Waals surface area contributed by atoms with E-state index in [9.17, 15) is 4.39 Å². The Morgan fingerprint density at radius 2 is 1.61 bits per heavy atom. The Morgan fingerprint density at radius 1 is 1.00 bits per heavy atom. The molecule has 0 saturated carbocycles. The van der Waals surface area contributed by atoms with E-state index < -0.39 is 6.67 Å². The molecule has 3 heteroatoms. The maximum Gasteiger partial charge on any atom is 0.117 e. The Balaban J connectivity index is 2.39. The van der Waals surface area contributed by atoms with Crippen molar-refractivity contribution in [1.82, 2.24) is 0 Å². The van der Waals surface area contributed by atoms with E-state index in [0.29, 0.717) is 5.56 Å². The summed E-state index contributed by atoms with van der Waals surface area (Å²) in [5.41, 5.74) is 3.26. The highest BCUT2D eigenvalue weighted by atomic mass is 19.1. The quantitative estimate of drug-likeness (QED) is 0.594. The first kappa shape index (κ1) is 12.3. The van der Waals surface area contributed by atoms with E-state index in [-0.39, 0.29) is 0 Å². The van der Waals surface area contributed by atoms with E-state index in [1.165, 1.54) is 7.11 Å². The summed E-state index contributed by atoms with van der Waals surface area (Å²) in [7, 11) is 1.51. The number of alkyl halides is 1. The van der Waals surface area contributed by atoms with Gasteiger partial charge in [0.15, 0.2) is 0 Å². The van der Waals surface area contributed by atoms with Crippen molar-refractivity contribution >= 4 is 5.71 Å². The molecule has 0 saturated heterocycles. The van der Waals surface area contributed by atoms with Gasteiger partial charge < -0.3 is 4.84 Å². The second-order valence-electron chi connectivity index (χ2n) is 3.82. The van der Waals surface area contributed by atoms with Gasteiger partial charge in [0.25, 0.3) is 0 Å². The maximum absolute atomic E-state index is 12.5. The average molecular weight is 243 g/mol. The molecular formula is C15H14FNO. The zero-order chi connectivity index (χ0) is 12.8. The molecule has 0 fully saturated rings. The second kappa shape index (κ2) is 5.96. The van der Waals surface area contributed by atoms with Crippen LogP contribution in [0.5, 0.6) is 0 Å². The first-order valence-electron chi connectivity index (χ1n) is 5.67. The van der Waals surface area contributed by atoms with E-state index in [2.05, 4.69) is 5.16 Å². The Morgan fingerprint density at radius 3 is 2.17 bits per heavy atom. The lowest BCUT2D eigenvalue weighted by atomic mass is 10.0. The summed E-state index contributed by atoms with van der Waals surface area (Å²) in [5, 5.41) is 4.04. The molecular weight excluding hydrogens is 229 g/mol. The summed E-state index contributed by atoms with van der Waals surface area (Å²) < 4.78 is 12.5.